The molecule has 2 heterocycles. The van der Waals surface area contributed by atoms with Gasteiger partial charge in [0.15, 0.2) is 0 Å². The van der Waals surface area contributed by atoms with E-state index >= 15 is 0 Å². The molecule has 8 nitrogen and oxygen atoms in total. The van der Waals surface area contributed by atoms with Gasteiger partial charge < -0.3 is 9.88 Å². The van der Waals surface area contributed by atoms with E-state index in [4.69, 9.17) is 0 Å². The Morgan fingerprint density at radius 1 is 1.09 bits per heavy atom. The Labute approximate surface area is 197 Å². The predicted octanol–water partition coefficient (Wildman–Crippen LogP) is 5.48. The zero-order valence-corrected chi connectivity index (χ0v) is 19.9. The fourth-order valence-corrected chi connectivity index (χ4v) is 4.19. The molecule has 1 N–H and O–H groups in total. The summed E-state index contributed by atoms with van der Waals surface area (Å²) in [4.78, 5) is 32.3. The van der Waals surface area contributed by atoms with E-state index in [-0.39, 0.29) is 22.2 Å². The summed E-state index contributed by atoms with van der Waals surface area (Å²) in [6, 6.07) is 12.3. The molecule has 0 saturated heterocycles. The third kappa shape index (κ3) is 4.52. The second-order valence-electron chi connectivity index (χ2n) is 8.57. The molecule has 4 aromatic rings. The maximum Gasteiger partial charge on any atom is 0.270 e. The van der Waals surface area contributed by atoms with Gasteiger partial charge in [-0.25, -0.2) is 9.97 Å². The molecule has 2 aromatic heterocycles. The number of non-ortho nitro benzene ring substituents is 1. The number of fused-ring (bicyclic) bond motifs is 1. The van der Waals surface area contributed by atoms with Crippen molar-refractivity contribution < 1.29 is 4.92 Å². The third-order valence-corrected chi connectivity index (χ3v) is 5.94. The highest BCUT2D eigenvalue weighted by Gasteiger charge is 2.16. The van der Waals surface area contributed by atoms with Crippen LogP contribution in [0.4, 0.5) is 11.5 Å². The SMILES string of the molecule is CCn1cc(-c2cc3c(N[C@H](C)c4cc(C)cc([N+](=O)[O-])c4)nc(C)nc3cc2C)ccc1=O. The lowest BCUT2D eigenvalue weighted by atomic mass is 9.99. The number of nitro benzene ring substituents is 1. The van der Waals surface area contributed by atoms with Gasteiger partial charge in [-0.05, 0) is 80.6 Å². The van der Waals surface area contributed by atoms with Crippen LogP contribution in [0, 0.1) is 30.9 Å². The molecule has 0 saturated carbocycles. The fraction of sp³-hybridized carbons (Fsp3) is 0.269. The van der Waals surface area contributed by atoms with Crippen LogP contribution in [0.3, 0.4) is 0 Å². The number of benzene rings is 2. The zero-order valence-electron chi connectivity index (χ0n) is 19.9. The van der Waals surface area contributed by atoms with Crippen LogP contribution in [-0.4, -0.2) is 19.5 Å². The minimum atomic E-state index is -0.377. The van der Waals surface area contributed by atoms with Crippen LogP contribution in [0.25, 0.3) is 22.0 Å². The Bertz CT molecular complexity index is 1480. The average molecular weight is 458 g/mol. The molecule has 0 radical (unpaired) electrons. The molecule has 0 aliphatic heterocycles. The second kappa shape index (κ2) is 9.05. The first kappa shape index (κ1) is 23.1. The van der Waals surface area contributed by atoms with Crippen molar-refractivity contribution >= 4 is 22.4 Å². The van der Waals surface area contributed by atoms with Gasteiger partial charge in [-0.15, -0.1) is 0 Å². The molecule has 0 bridgehead atoms. The summed E-state index contributed by atoms with van der Waals surface area (Å²) in [7, 11) is 0. The maximum atomic E-state index is 12.1. The lowest BCUT2D eigenvalue weighted by Crippen LogP contribution is -2.17. The first-order chi connectivity index (χ1) is 16.2. The molecular weight excluding hydrogens is 430 g/mol. The highest BCUT2D eigenvalue weighted by Crippen LogP contribution is 2.32. The smallest absolute Gasteiger partial charge is 0.270 e. The Morgan fingerprint density at radius 2 is 1.85 bits per heavy atom. The number of pyridine rings is 1. The highest BCUT2D eigenvalue weighted by molar-refractivity contribution is 5.94. The molecular formula is C26H27N5O3. The van der Waals surface area contributed by atoms with Gasteiger partial charge in [0.05, 0.1) is 16.5 Å². The zero-order chi connectivity index (χ0) is 24.6. The van der Waals surface area contributed by atoms with Crippen molar-refractivity contribution in [2.45, 2.75) is 47.2 Å². The molecule has 34 heavy (non-hydrogen) atoms. The molecule has 8 heteroatoms. The van der Waals surface area contributed by atoms with E-state index in [0.717, 1.165) is 38.7 Å². The van der Waals surface area contributed by atoms with Gasteiger partial charge in [0.25, 0.3) is 11.2 Å². The Balaban J connectivity index is 1.81. The summed E-state index contributed by atoms with van der Waals surface area (Å²) in [6.45, 7) is 10.2. The van der Waals surface area contributed by atoms with Gasteiger partial charge in [-0.3, -0.25) is 14.9 Å². The molecule has 2 aromatic carbocycles. The minimum Gasteiger partial charge on any atom is -0.363 e. The number of nitro groups is 1. The van der Waals surface area contributed by atoms with Gasteiger partial charge in [0, 0.05) is 36.3 Å². The summed E-state index contributed by atoms with van der Waals surface area (Å²) < 4.78 is 1.68. The van der Waals surface area contributed by atoms with Gasteiger partial charge in [-0.2, -0.15) is 0 Å². The van der Waals surface area contributed by atoms with Crippen LogP contribution >= 0.6 is 0 Å². The summed E-state index contributed by atoms with van der Waals surface area (Å²) in [5.74, 6) is 1.29. The lowest BCUT2D eigenvalue weighted by Gasteiger charge is -2.18. The van der Waals surface area contributed by atoms with E-state index in [1.807, 2.05) is 65.1 Å². The maximum absolute atomic E-state index is 12.1. The molecule has 0 amide bonds. The first-order valence-corrected chi connectivity index (χ1v) is 11.2. The van der Waals surface area contributed by atoms with Crippen molar-refractivity contribution in [2.24, 2.45) is 0 Å². The molecule has 0 spiro atoms. The summed E-state index contributed by atoms with van der Waals surface area (Å²) in [5, 5.41) is 15.6. The Kier molecular flexibility index (Phi) is 6.15. The van der Waals surface area contributed by atoms with E-state index in [1.165, 1.54) is 0 Å². The number of anilines is 1. The van der Waals surface area contributed by atoms with E-state index in [2.05, 4.69) is 15.3 Å². The van der Waals surface area contributed by atoms with E-state index in [1.54, 1.807) is 22.8 Å². The number of nitrogens with zero attached hydrogens (tertiary/aromatic N) is 4. The van der Waals surface area contributed by atoms with E-state index < -0.39 is 0 Å². The predicted molar refractivity (Wildman–Crippen MR) is 134 cm³/mol. The monoisotopic (exact) mass is 457 g/mol. The topological polar surface area (TPSA) is 103 Å². The van der Waals surface area contributed by atoms with E-state index in [0.29, 0.717) is 18.2 Å². The average Bonchev–Trinajstić information content (AvgIpc) is 2.78. The molecule has 0 aliphatic rings. The van der Waals surface area contributed by atoms with Gasteiger partial charge >= 0.3 is 0 Å². The standard InChI is InChI=1S/C26H27N5O3/c1-6-30-14-19(7-8-25(30)32)22-13-23-24(11-16(22)3)28-18(5)29-26(23)27-17(4)20-9-15(2)10-21(12-20)31(33)34/h7-14,17H,6H2,1-5H3,(H,27,28,29)/t17-/m1/s1. The highest BCUT2D eigenvalue weighted by atomic mass is 16.6. The fourth-order valence-electron chi connectivity index (χ4n) is 4.19. The number of hydrogen-bond donors (Lipinski definition) is 1. The summed E-state index contributed by atoms with van der Waals surface area (Å²) >= 11 is 0. The van der Waals surface area contributed by atoms with Crippen molar-refractivity contribution in [3.8, 4) is 11.1 Å². The Hall–Kier alpha value is -4.07. The van der Waals surface area contributed by atoms with Gasteiger partial charge in [0.2, 0.25) is 0 Å². The number of aromatic nitrogens is 3. The molecule has 0 fully saturated rings. The minimum absolute atomic E-state index is 0.0351. The van der Waals surface area contributed by atoms with E-state index in [9.17, 15) is 14.9 Å². The Morgan fingerprint density at radius 3 is 2.56 bits per heavy atom. The third-order valence-electron chi connectivity index (χ3n) is 5.94. The lowest BCUT2D eigenvalue weighted by molar-refractivity contribution is -0.385. The van der Waals surface area contributed by atoms with Crippen molar-refractivity contribution in [2.75, 3.05) is 5.32 Å². The second-order valence-corrected chi connectivity index (χ2v) is 8.57. The molecule has 0 aliphatic carbocycles. The summed E-state index contributed by atoms with van der Waals surface area (Å²) in [5.41, 5.74) is 5.44. The van der Waals surface area contributed by atoms with Crippen molar-refractivity contribution in [1.82, 2.24) is 14.5 Å². The van der Waals surface area contributed by atoms with Crippen molar-refractivity contribution in [1.29, 1.82) is 0 Å². The number of nitrogens with one attached hydrogen (secondary N) is 1. The largest absolute Gasteiger partial charge is 0.363 e. The van der Waals surface area contributed by atoms with Crippen LogP contribution in [0.1, 0.15) is 42.4 Å². The quantitative estimate of drug-likeness (QED) is 0.304. The van der Waals surface area contributed by atoms with Gasteiger partial charge in [-0.1, -0.05) is 6.07 Å². The van der Waals surface area contributed by atoms with Gasteiger partial charge in [0.1, 0.15) is 11.6 Å². The molecule has 0 unspecified atom stereocenters. The van der Waals surface area contributed by atoms with Crippen LogP contribution in [0.2, 0.25) is 0 Å². The van der Waals surface area contributed by atoms with Crippen LogP contribution in [-0.2, 0) is 6.54 Å². The summed E-state index contributed by atoms with van der Waals surface area (Å²) in [6.07, 6.45) is 1.87. The number of aryl methyl sites for hydroxylation is 4. The van der Waals surface area contributed by atoms with Crippen LogP contribution in [0.15, 0.2) is 53.5 Å². The number of rotatable bonds is 6. The first-order valence-electron chi connectivity index (χ1n) is 11.2. The van der Waals surface area contributed by atoms with Crippen LogP contribution in [0.5, 0.6) is 0 Å². The normalized spacial score (nSPS) is 12.0. The molecule has 1 atom stereocenters. The number of hydrogen-bond acceptors (Lipinski definition) is 6. The van der Waals surface area contributed by atoms with Crippen molar-refractivity contribution in [3.63, 3.8) is 0 Å². The van der Waals surface area contributed by atoms with Crippen LogP contribution < -0.4 is 10.9 Å². The molecule has 4 rings (SSSR count). The van der Waals surface area contributed by atoms with Crippen molar-refractivity contribution in [3.05, 3.63) is 91.6 Å². The molecule has 174 valence electrons.